The summed E-state index contributed by atoms with van der Waals surface area (Å²) in [5.74, 6) is 0.187. The van der Waals surface area contributed by atoms with Gasteiger partial charge in [0.1, 0.15) is 0 Å². The average Bonchev–Trinajstić information content (AvgIpc) is 2.84. The lowest BCUT2D eigenvalue weighted by Crippen LogP contribution is -2.32. The van der Waals surface area contributed by atoms with Crippen molar-refractivity contribution in [2.45, 2.75) is 25.8 Å². The van der Waals surface area contributed by atoms with Crippen LogP contribution in [0.25, 0.3) is 0 Å². The van der Waals surface area contributed by atoms with Gasteiger partial charge in [-0.25, -0.2) is 0 Å². The molecule has 1 saturated heterocycles. The molecule has 16 heavy (non-hydrogen) atoms. The Morgan fingerprint density at radius 1 is 1.56 bits per heavy atom. The first-order chi connectivity index (χ1) is 7.22. The third kappa shape index (κ3) is 2.50. The van der Waals surface area contributed by atoms with Gasteiger partial charge in [-0.05, 0) is 31.9 Å². The molecule has 0 aromatic carbocycles. The molecular weight excluding hydrogens is 244 g/mol. The molecule has 1 aromatic rings. The number of hydrogen-bond donors (Lipinski definition) is 1. The Hall–Kier alpha value is -0.740. The van der Waals surface area contributed by atoms with Crippen LogP contribution in [0.15, 0.2) is 12.1 Å². The van der Waals surface area contributed by atoms with Gasteiger partial charge in [-0.3, -0.25) is 4.79 Å². The maximum absolute atomic E-state index is 12.1. The number of amides is 1. The molecule has 1 atom stereocenters. The third-order valence-electron chi connectivity index (χ3n) is 2.88. The summed E-state index contributed by atoms with van der Waals surface area (Å²) in [5.41, 5.74) is 0. The second-order valence-electron chi connectivity index (χ2n) is 3.90. The molecule has 1 aliphatic heterocycles. The van der Waals surface area contributed by atoms with Gasteiger partial charge in [0.25, 0.3) is 5.91 Å². The monoisotopic (exact) mass is 260 g/mol. The molecule has 1 fully saturated rings. The number of halogens is 1. The summed E-state index contributed by atoms with van der Waals surface area (Å²) in [6.45, 7) is 3.03. The Bertz CT molecular complexity index is 367. The molecule has 1 aliphatic rings. The SMILES string of the molecule is CNc1ccc(C(=O)N2CCCC2C)s1.Cl. The van der Waals surface area contributed by atoms with Gasteiger partial charge in [0.05, 0.1) is 9.88 Å². The van der Waals surface area contributed by atoms with Crippen LogP contribution in [0.4, 0.5) is 5.00 Å². The van der Waals surface area contributed by atoms with Crippen LogP contribution in [-0.4, -0.2) is 30.4 Å². The number of rotatable bonds is 2. The number of thiophene rings is 1. The number of likely N-dealkylation sites (tertiary alicyclic amines) is 1. The van der Waals surface area contributed by atoms with Gasteiger partial charge < -0.3 is 10.2 Å². The standard InChI is InChI=1S/C11H16N2OS.ClH/c1-8-4-3-7-13(8)11(14)9-5-6-10(12-2)15-9;/h5-6,8,12H,3-4,7H2,1-2H3;1H. The van der Waals surface area contributed by atoms with E-state index in [4.69, 9.17) is 0 Å². The maximum Gasteiger partial charge on any atom is 0.264 e. The van der Waals surface area contributed by atoms with E-state index in [-0.39, 0.29) is 18.3 Å². The number of anilines is 1. The first-order valence-electron chi connectivity index (χ1n) is 5.31. The average molecular weight is 261 g/mol. The van der Waals surface area contributed by atoms with Gasteiger partial charge in [-0.2, -0.15) is 0 Å². The summed E-state index contributed by atoms with van der Waals surface area (Å²) in [5, 5.41) is 4.10. The van der Waals surface area contributed by atoms with Crippen LogP contribution in [0.2, 0.25) is 0 Å². The lowest BCUT2D eigenvalue weighted by atomic mass is 10.2. The minimum Gasteiger partial charge on any atom is -0.380 e. The number of hydrogen-bond acceptors (Lipinski definition) is 3. The van der Waals surface area contributed by atoms with Crippen LogP contribution in [0.1, 0.15) is 29.4 Å². The van der Waals surface area contributed by atoms with E-state index in [1.807, 2.05) is 24.1 Å². The number of nitrogens with one attached hydrogen (secondary N) is 1. The topological polar surface area (TPSA) is 32.3 Å². The molecule has 2 rings (SSSR count). The van der Waals surface area contributed by atoms with E-state index in [9.17, 15) is 4.79 Å². The largest absolute Gasteiger partial charge is 0.380 e. The maximum atomic E-state index is 12.1. The zero-order valence-corrected chi connectivity index (χ0v) is 11.2. The highest BCUT2D eigenvalue weighted by Gasteiger charge is 2.26. The molecule has 0 spiro atoms. The lowest BCUT2D eigenvalue weighted by molar-refractivity contribution is 0.0752. The summed E-state index contributed by atoms with van der Waals surface area (Å²) in [6, 6.07) is 4.26. The Morgan fingerprint density at radius 2 is 2.31 bits per heavy atom. The van der Waals surface area contributed by atoms with E-state index in [1.165, 1.54) is 11.3 Å². The highest BCUT2D eigenvalue weighted by molar-refractivity contribution is 7.17. The van der Waals surface area contributed by atoms with Gasteiger partial charge in [-0.1, -0.05) is 0 Å². The number of nitrogens with zero attached hydrogens (tertiary/aromatic N) is 1. The van der Waals surface area contributed by atoms with Gasteiger partial charge in [0, 0.05) is 19.6 Å². The zero-order chi connectivity index (χ0) is 10.8. The van der Waals surface area contributed by atoms with Crippen molar-refractivity contribution in [2.24, 2.45) is 0 Å². The van der Waals surface area contributed by atoms with Crippen molar-refractivity contribution in [3.63, 3.8) is 0 Å². The Morgan fingerprint density at radius 3 is 2.81 bits per heavy atom. The first kappa shape index (κ1) is 13.3. The van der Waals surface area contributed by atoms with Crippen LogP contribution < -0.4 is 5.32 Å². The van der Waals surface area contributed by atoms with Crippen molar-refractivity contribution in [1.29, 1.82) is 0 Å². The molecule has 1 amide bonds. The van der Waals surface area contributed by atoms with Crippen LogP contribution in [0.3, 0.4) is 0 Å². The normalized spacial score (nSPS) is 19.4. The number of carbonyl (C=O) groups excluding carboxylic acids is 1. The van der Waals surface area contributed by atoms with Crippen molar-refractivity contribution >= 4 is 34.7 Å². The fraction of sp³-hybridized carbons (Fsp3) is 0.545. The van der Waals surface area contributed by atoms with Crippen LogP contribution in [-0.2, 0) is 0 Å². The molecule has 1 N–H and O–H groups in total. The Labute approximate surface area is 106 Å². The fourth-order valence-electron chi connectivity index (χ4n) is 1.96. The van der Waals surface area contributed by atoms with Gasteiger partial charge in [0.15, 0.2) is 0 Å². The summed E-state index contributed by atoms with van der Waals surface area (Å²) in [7, 11) is 1.87. The van der Waals surface area contributed by atoms with Gasteiger partial charge >= 0.3 is 0 Å². The Balaban J connectivity index is 0.00000128. The second-order valence-corrected chi connectivity index (χ2v) is 4.99. The minimum atomic E-state index is 0. The van der Waals surface area contributed by atoms with Crippen molar-refractivity contribution in [1.82, 2.24) is 4.90 Å². The smallest absolute Gasteiger partial charge is 0.264 e. The van der Waals surface area contributed by atoms with E-state index in [0.29, 0.717) is 6.04 Å². The van der Waals surface area contributed by atoms with Gasteiger partial charge in [-0.15, -0.1) is 23.7 Å². The van der Waals surface area contributed by atoms with Crippen LogP contribution in [0.5, 0.6) is 0 Å². The molecule has 2 heterocycles. The highest BCUT2D eigenvalue weighted by atomic mass is 35.5. The van der Waals surface area contributed by atoms with Gasteiger partial charge in [0.2, 0.25) is 0 Å². The molecule has 5 heteroatoms. The molecule has 0 saturated carbocycles. The first-order valence-corrected chi connectivity index (χ1v) is 6.12. The highest BCUT2D eigenvalue weighted by Crippen LogP contribution is 2.26. The van der Waals surface area contributed by atoms with Crippen molar-refractivity contribution in [3.05, 3.63) is 17.0 Å². The van der Waals surface area contributed by atoms with E-state index in [2.05, 4.69) is 12.2 Å². The summed E-state index contributed by atoms with van der Waals surface area (Å²) in [6.07, 6.45) is 2.27. The molecule has 90 valence electrons. The van der Waals surface area contributed by atoms with E-state index >= 15 is 0 Å². The Kier molecular flexibility index (Phi) is 4.62. The van der Waals surface area contributed by atoms with E-state index in [0.717, 1.165) is 29.3 Å². The lowest BCUT2D eigenvalue weighted by Gasteiger charge is -2.20. The quantitative estimate of drug-likeness (QED) is 0.887. The predicted octanol–water partition coefficient (Wildman–Crippen LogP) is 2.84. The van der Waals surface area contributed by atoms with E-state index in [1.54, 1.807) is 0 Å². The van der Waals surface area contributed by atoms with Crippen LogP contribution >= 0.6 is 23.7 Å². The summed E-state index contributed by atoms with van der Waals surface area (Å²) in [4.78, 5) is 14.9. The van der Waals surface area contributed by atoms with Crippen LogP contribution in [0, 0.1) is 0 Å². The number of carbonyl (C=O) groups is 1. The van der Waals surface area contributed by atoms with E-state index < -0.39 is 0 Å². The third-order valence-corrected chi connectivity index (χ3v) is 3.97. The minimum absolute atomic E-state index is 0. The fourth-order valence-corrected chi connectivity index (χ4v) is 2.78. The molecule has 1 unspecified atom stereocenters. The molecule has 1 aromatic heterocycles. The second kappa shape index (κ2) is 5.55. The molecule has 3 nitrogen and oxygen atoms in total. The summed E-state index contributed by atoms with van der Waals surface area (Å²) < 4.78 is 0. The molecule has 0 bridgehead atoms. The zero-order valence-electron chi connectivity index (χ0n) is 9.53. The predicted molar refractivity (Wildman–Crippen MR) is 70.8 cm³/mol. The van der Waals surface area contributed by atoms with Crippen molar-refractivity contribution < 1.29 is 4.79 Å². The van der Waals surface area contributed by atoms with Crippen molar-refractivity contribution in [2.75, 3.05) is 18.9 Å². The molecule has 0 radical (unpaired) electrons. The molecular formula is C11H17ClN2OS. The molecule has 0 aliphatic carbocycles. The van der Waals surface area contributed by atoms with Crippen molar-refractivity contribution in [3.8, 4) is 0 Å². The summed E-state index contributed by atoms with van der Waals surface area (Å²) >= 11 is 1.53.